The summed E-state index contributed by atoms with van der Waals surface area (Å²) in [5.41, 5.74) is 2.19. The number of benzene rings is 2. The number of hydrogen-bond acceptors (Lipinski definition) is 2. The van der Waals surface area contributed by atoms with Crippen LogP contribution in [0.2, 0.25) is 0 Å². The molecule has 0 aromatic heterocycles. The fraction of sp³-hybridized carbons (Fsp3) is 0.435. The predicted octanol–water partition coefficient (Wildman–Crippen LogP) is 4.96. The van der Waals surface area contributed by atoms with E-state index >= 15 is 0 Å². The molecule has 138 valence electrons. The molecule has 0 radical (unpaired) electrons. The third-order valence-electron chi connectivity index (χ3n) is 5.23. The largest absolute Gasteiger partial charge is 0.494 e. The zero-order valence-corrected chi connectivity index (χ0v) is 15.7. The zero-order valence-electron chi connectivity index (χ0n) is 15.7. The number of rotatable bonds is 7. The highest BCUT2D eigenvalue weighted by molar-refractivity contribution is 5.94. The van der Waals surface area contributed by atoms with E-state index in [4.69, 9.17) is 4.74 Å². The second-order valence-corrected chi connectivity index (χ2v) is 7.07. The molecule has 2 aromatic carbocycles. The number of carbonyl (C=O) groups excluding carboxylic acids is 1. The first-order valence-electron chi connectivity index (χ1n) is 9.82. The Morgan fingerprint density at radius 3 is 2.38 bits per heavy atom. The van der Waals surface area contributed by atoms with Gasteiger partial charge in [-0.3, -0.25) is 4.79 Å². The molecule has 0 aliphatic carbocycles. The summed E-state index contributed by atoms with van der Waals surface area (Å²) in [6.07, 6.45) is 5.91. The van der Waals surface area contributed by atoms with Crippen molar-refractivity contribution in [2.45, 2.75) is 39.0 Å². The summed E-state index contributed by atoms with van der Waals surface area (Å²) in [4.78, 5) is 14.7. The quantitative estimate of drug-likeness (QED) is 0.705. The van der Waals surface area contributed by atoms with Gasteiger partial charge in [-0.15, -0.1) is 0 Å². The van der Waals surface area contributed by atoms with Gasteiger partial charge in [0.15, 0.2) is 0 Å². The molecule has 1 saturated heterocycles. The van der Waals surface area contributed by atoms with Crippen molar-refractivity contribution in [3.63, 3.8) is 0 Å². The molecule has 0 spiro atoms. The van der Waals surface area contributed by atoms with Crippen LogP contribution in [0.15, 0.2) is 54.6 Å². The van der Waals surface area contributed by atoms with E-state index < -0.39 is 0 Å². The highest BCUT2D eigenvalue weighted by Crippen LogP contribution is 2.24. The molecule has 2 aromatic rings. The molecule has 3 heteroatoms. The molecule has 26 heavy (non-hydrogen) atoms. The maximum absolute atomic E-state index is 12.7. The van der Waals surface area contributed by atoms with Gasteiger partial charge in [-0.1, -0.05) is 30.3 Å². The van der Waals surface area contributed by atoms with Crippen molar-refractivity contribution in [2.75, 3.05) is 19.7 Å². The van der Waals surface area contributed by atoms with Crippen LogP contribution < -0.4 is 4.74 Å². The number of nitrogens with zero attached hydrogens (tertiary/aromatic N) is 1. The van der Waals surface area contributed by atoms with E-state index in [0.29, 0.717) is 6.61 Å². The third-order valence-corrected chi connectivity index (χ3v) is 5.23. The van der Waals surface area contributed by atoms with Gasteiger partial charge in [-0.25, -0.2) is 0 Å². The molecule has 3 nitrogen and oxygen atoms in total. The van der Waals surface area contributed by atoms with Crippen LogP contribution in [-0.4, -0.2) is 30.5 Å². The van der Waals surface area contributed by atoms with Gasteiger partial charge < -0.3 is 9.64 Å². The van der Waals surface area contributed by atoms with Crippen molar-refractivity contribution >= 4 is 5.91 Å². The number of likely N-dealkylation sites (tertiary alicyclic amines) is 1. The van der Waals surface area contributed by atoms with Crippen molar-refractivity contribution < 1.29 is 9.53 Å². The van der Waals surface area contributed by atoms with Crippen molar-refractivity contribution in [1.82, 2.24) is 4.90 Å². The van der Waals surface area contributed by atoms with Crippen molar-refractivity contribution in [3.05, 3.63) is 65.7 Å². The minimum Gasteiger partial charge on any atom is -0.494 e. The van der Waals surface area contributed by atoms with Gasteiger partial charge in [-0.2, -0.15) is 0 Å². The molecule has 1 aliphatic heterocycles. The minimum absolute atomic E-state index is 0.149. The van der Waals surface area contributed by atoms with Crippen LogP contribution in [0.5, 0.6) is 5.75 Å². The smallest absolute Gasteiger partial charge is 0.253 e. The van der Waals surface area contributed by atoms with Crippen LogP contribution >= 0.6 is 0 Å². The number of ether oxygens (including phenoxy) is 1. The lowest BCUT2D eigenvalue weighted by Gasteiger charge is -2.32. The van der Waals surface area contributed by atoms with E-state index in [1.165, 1.54) is 18.4 Å². The molecule has 1 heterocycles. The molecule has 0 saturated carbocycles. The number of carbonyl (C=O) groups is 1. The average Bonchev–Trinajstić information content (AvgIpc) is 2.70. The van der Waals surface area contributed by atoms with Crippen LogP contribution in [0.3, 0.4) is 0 Å². The van der Waals surface area contributed by atoms with Gasteiger partial charge >= 0.3 is 0 Å². The Kier molecular flexibility index (Phi) is 6.70. The third kappa shape index (κ3) is 5.10. The second-order valence-electron chi connectivity index (χ2n) is 7.07. The highest BCUT2D eigenvalue weighted by atomic mass is 16.5. The summed E-state index contributed by atoms with van der Waals surface area (Å²) >= 11 is 0. The standard InChI is InChI=1S/C23H29NO2/c1-2-26-22-13-11-21(12-14-22)23(25)24-17-15-20(16-18-24)10-6-9-19-7-4-3-5-8-19/h3-5,7-8,11-14,20H,2,6,9-10,15-18H2,1H3. The first-order valence-corrected chi connectivity index (χ1v) is 9.82. The van der Waals surface area contributed by atoms with Gasteiger partial charge in [0.25, 0.3) is 5.91 Å². The second kappa shape index (κ2) is 9.42. The van der Waals surface area contributed by atoms with Gasteiger partial charge in [0.2, 0.25) is 0 Å². The van der Waals surface area contributed by atoms with E-state index in [1.54, 1.807) is 0 Å². The lowest BCUT2D eigenvalue weighted by Crippen LogP contribution is -2.38. The van der Waals surface area contributed by atoms with E-state index in [0.717, 1.165) is 49.6 Å². The molecule has 0 unspecified atom stereocenters. The SMILES string of the molecule is CCOc1ccc(C(=O)N2CCC(CCCc3ccccc3)CC2)cc1. The lowest BCUT2D eigenvalue weighted by molar-refractivity contribution is 0.0686. The highest BCUT2D eigenvalue weighted by Gasteiger charge is 2.23. The minimum atomic E-state index is 0.149. The van der Waals surface area contributed by atoms with Gasteiger partial charge in [-0.05, 0) is 74.8 Å². The number of hydrogen-bond donors (Lipinski definition) is 0. The maximum Gasteiger partial charge on any atom is 0.253 e. The zero-order chi connectivity index (χ0) is 18.2. The Balaban J connectivity index is 1.42. The topological polar surface area (TPSA) is 29.5 Å². The summed E-state index contributed by atoms with van der Waals surface area (Å²) in [6.45, 7) is 4.36. The van der Waals surface area contributed by atoms with E-state index in [9.17, 15) is 4.79 Å². The first kappa shape index (κ1) is 18.5. The number of amides is 1. The summed E-state index contributed by atoms with van der Waals surface area (Å²) in [7, 11) is 0. The van der Waals surface area contributed by atoms with E-state index in [-0.39, 0.29) is 5.91 Å². The van der Waals surface area contributed by atoms with Gasteiger partial charge in [0, 0.05) is 18.7 Å². The Morgan fingerprint density at radius 2 is 1.73 bits per heavy atom. The molecule has 3 rings (SSSR count). The Hall–Kier alpha value is -2.29. The van der Waals surface area contributed by atoms with Gasteiger partial charge in [0.05, 0.1) is 6.61 Å². The van der Waals surface area contributed by atoms with Crippen molar-refractivity contribution in [3.8, 4) is 5.75 Å². The molecule has 1 aliphatic rings. The molecule has 1 amide bonds. The van der Waals surface area contributed by atoms with Gasteiger partial charge in [0.1, 0.15) is 5.75 Å². The molecule has 0 N–H and O–H groups in total. The molecule has 0 atom stereocenters. The molecule has 0 bridgehead atoms. The maximum atomic E-state index is 12.7. The summed E-state index contributed by atoms with van der Waals surface area (Å²) < 4.78 is 5.44. The lowest BCUT2D eigenvalue weighted by atomic mass is 9.90. The van der Waals surface area contributed by atoms with Crippen LogP contribution in [-0.2, 0) is 6.42 Å². The predicted molar refractivity (Wildman–Crippen MR) is 106 cm³/mol. The molecule has 1 fully saturated rings. The molecular weight excluding hydrogens is 322 g/mol. The Labute approximate surface area is 157 Å². The fourth-order valence-electron chi connectivity index (χ4n) is 3.71. The van der Waals surface area contributed by atoms with Crippen molar-refractivity contribution in [2.24, 2.45) is 5.92 Å². The summed E-state index contributed by atoms with van der Waals surface area (Å²) in [5.74, 6) is 1.72. The number of aryl methyl sites for hydroxylation is 1. The number of piperidine rings is 1. The first-order chi connectivity index (χ1) is 12.8. The van der Waals surface area contributed by atoms with Crippen LogP contribution in [0.25, 0.3) is 0 Å². The van der Waals surface area contributed by atoms with Crippen LogP contribution in [0, 0.1) is 5.92 Å². The average molecular weight is 351 g/mol. The fourth-order valence-corrected chi connectivity index (χ4v) is 3.71. The Morgan fingerprint density at radius 1 is 1.04 bits per heavy atom. The van der Waals surface area contributed by atoms with Crippen LogP contribution in [0.1, 0.15) is 48.5 Å². The van der Waals surface area contributed by atoms with E-state index in [2.05, 4.69) is 30.3 Å². The van der Waals surface area contributed by atoms with Crippen LogP contribution in [0.4, 0.5) is 0 Å². The monoisotopic (exact) mass is 351 g/mol. The summed E-state index contributed by atoms with van der Waals surface area (Å²) in [6, 6.07) is 18.2. The summed E-state index contributed by atoms with van der Waals surface area (Å²) in [5, 5.41) is 0. The normalized spacial score (nSPS) is 15.0. The Bertz CT molecular complexity index is 673. The molecular formula is C23H29NO2. The van der Waals surface area contributed by atoms with E-state index in [1.807, 2.05) is 36.1 Å². The van der Waals surface area contributed by atoms with Crippen molar-refractivity contribution in [1.29, 1.82) is 0 Å².